The molecule has 0 aromatic carbocycles. The van der Waals surface area contributed by atoms with E-state index in [1.54, 1.807) is 6.26 Å². The average Bonchev–Trinajstić information content (AvgIpc) is 2.87. The fourth-order valence-electron chi connectivity index (χ4n) is 4.33. The minimum atomic E-state index is -0.399. The number of esters is 1. The van der Waals surface area contributed by atoms with Gasteiger partial charge in [-0.25, -0.2) is 0 Å². The molecule has 4 nitrogen and oxygen atoms in total. The van der Waals surface area contributed by atoms with Gasteiger partial charge in [0.2, 0.25) is 5.78 Å². The van der Waals surface area contributed by atoms with Crippen LogP contribution >= 0.6 is 0 Å². The lowest BCUT2D eigenvalue weighted by atomic mass is 9.54. The normalized spacial score (nSPS) is 33.3. The molecule has 4 unspecified atom stereocenters. The Morgan fingerprint density at radius 2 is 2.09 bits per heavy atom. The van der Waals surface area contributed by atoms with Crippen LogP contribution in [0.15, 0.2) is 10.7 Å². The molecule has 23 heavy (non-hydrogen) atoms. The number of carbonyl (C=O) groups excluding carboxylic acids is 2. The second kappa shape index (κ2) is 5.50. The number of hydrogen-bond acceptors (Lipinski definition) is 4. The second-order valence-corrected chi connectivity index (χ2v) is 7.75. The number of Topliss-reactive ketones (excluding diaryl/α,β-unsaturated/α-hetero) is 1. The molecule has 0 saturated heterocycles. The molecule has 0 bridgehead atoms. The van der Waals surface area contributed by atoms with Crippen LogP contribution in [0.1, 0.15) is 74.7 Å². The largest absolute Gasteiger partial charge is 0.461 e. The Hall–Kier alpha value is -1.58. The third-order valence-electron chi connectivity index (χ3n) is 6.04. The third kappa shape index (κ3) is 2.26. The quantitative estimate of drug-likeness (QED) is 0.755. The smallest absolute Gasteiger partial charge is 0.309 e. The van der Waals surface area contributed by atoms with E-state index in [9.17, 15) is 9.59 Å². The van der Waals surface area contributed by atoms with Crippen LogP contribution in [0.25, 0.3) is 0 Å². The van der Waals surface area contributed by atoms with Crippen molar-refractivity contribution >= 4 is 11.8 Å². The minimum Gasteiger partial charge on any atom is -0.461 e. The fraction of sp³-hybridized carbons (Fsp3) is 0.684. The molecule has 4 heteroatoms. The Labute approximate surface area is 137 Å². The fourth-order valence-corrected chi connectivity index (χ4v) is 4.33. The third-order valence-corrected chi connectivity index (χ3v) is 6.04. The monoisotopic (exact) mass is 318 g/mol. The number of hydrogen-bond donors (Lipinski definition) is 0. The van der Waals surface area contributed by atoms with Crippen molar-refractivity contribution in [3.8, 4) is 0 Å². The summed E-state index contributed by atoms with van der Waals surface area (Å²) in [5.74, 6) is 0.268. The van der Waals surface area contributed by atoms with Crippen LogP contribution in [-0.4, -0.2) is 11.8 Å². The zero-order chi connectivity index (χ0) is 16.9. The number of ketones is 1. The summed E-state index contributed by atoms with van der Waals surface area (Å²) in [6, 6.07) is 0. The van der Waals surface area contributed by atoms with Gasteiger partial charge >= 0.3 is 5.97 Å². The summed E-state index contributed by atoms with van der Waals surface area (Å²) in [6.45, 7) is 9.89. The van der Waals surface area contributed by atoms with Crippen molar-refractivity contribution in [2.75, 3.05) is 0 Å². The van der Waals surface area contributed by atoms with Crippen LogP contribution in [0.2, 0.25) is 0 Å². The van der Waals surface area contributed by atoms with E-state index in [4.69, 9.17) is 9.15 Å². The van der Waals surface area contributed by atoms with Crippen molar-refractivity contribution in [2.45, 2.75) is 60.0 Å². The summed E-state index contributed by atoms with van der Waals surface area (Å²) < 4.78 is 11.5. The van der Waals surface area contributed by atoms with Crippen molar-refractivity contribution in [2.24, 2.45) is 23.2 Å². The number of fused-ring (bicyclic) bond motifs is 2. The van der Waals surface area contributed by atoms with E-state index < -0.39 is 6.10 Å². The molecule has 0 N–H and O–H groups in total. The van der Waals surface area contributed by atoms with E-state index in [2.05, 4.69) is 13.8 Å². The van der Waals surface area contributed by atoms with Gasteiger partial charge in [0.05, 0.1) is 12.2 Å². The summed E-state index contributed by atoms with van der Waals surface area (Å²) >= 11 is 0. The average molecular weight is 318 g/mol. The number of carbonyl (C=O) groups is 2. The van der Waals surface area contributed by atoms with Crippen molar-refractivity contribution in [1.82, 2.24) is 0 Å². The highest BCUT2D eigenvalue weighted by Crippen LogP contribution is 2.59. The highest BCUT2D eigenvalue weighted by molar-refractivity contribution is 5.99. The van der Waals surface area contributed by atoms with E-state index in [0.29, 0.717) is 11.7 Å². The van der Waals surface area contributed by atoms with E-state index in [1.165, 1.54) is 0 Å². The Morgan fingerprint density at radius 3 is 2.74 bits per heavy atom. The Morgan fingerprint density at radius 1 is 1.39 bits per heavy atom. The summed E-state index contributed by atoms with van der Waals surface area (Å²) in [6.07, 6.45) is 4.15. The van der Waals surface area contributed by atoms with E-state index in [1.807, 2.05) is 20.8 Å². The molecule has 0 radical (unpaired) electrons. The lowest BCUT2D eigenvalue weighted by molar-refractivity contribution is -0.169. The Bertz CT molecular complexity index is 642. The minimum absolute atomic E-state index is 0.0824. The lowest BCUT2D eigenvalue weighted by Crippen LogP contribution is -2.50. The summed E-state index contributed by atoms with van der Waals surface area (Å²) in [4.78, 5) is 25.3. The first-order valence-corrected chi connectivity index (χ1v) is 8.61. The molecule has 2 aliphatic rings. The lowest BCUT2D eigenvalue weighted by Gasteiger charge is -2.51. The number of rotatable bonds is 2. The molecule has 0 aliphatic heterocycles. The van der Waals surface area contributed by atoms with Crippen LogP contribution in [0.5, 0.6) is 0 Å². The van der Waals surface area contributed by atoms with Gasteiger partial charge in [-0.2, -0.15) is 0 Å². The molecule has 126 valence electrons. The molecule has 0 spiro atoms. The maximum absolute atomic E-state index is 12.9. The standard InChI is InChI=1S/C19H26O4/c1-10(2)18(21)23-17-14-11(3)9-22-16(14)15(20)13-8-6-7-12(4)19(13,17)5/h9-10,12-13,17H,6-8H2,1-5H3. The van der Waals surface area contributed by atoms with Crippen molar-refractivity contribution in [3.05, 3.63) is 23.2 Å². The Kier molecular flexibility index (Phi) is 3.89. The van der Waals surface area contributed by atoms with Crippen LogP contribution in [0.3, 0.4) is 0 Å². The predicted octanol–water partition coefficient (Wildman–Crippen LogP) is 4.47. The molecule has 3 rings (SSSR count). The summed E-state index contributed by atoms with van der Waals surface area (Å²) in [5.41, 5.74) is 1.32. The first-order chi connectivity index (χ1) is 10.8. The second-order valence-electron chi connectivity index (χ2n) is 7.75. The van der Waals surface area contributed by atoms with Crippen LogP contribution in [0.4, 0.5) is 0 Å². The molecular weight excluding hydrogens is 292 g/mol. The number of furan rings is 1. The zero-order valence-corrected chi connectivity index (χ0v) is 14.6. The number of aryl methyl sites for hydroxylation is 1. The molecule has 4 atom stereocenters. The highest BCUT2D eigenvalue weighted by Gasteiger charge is 2.58. The van der Waals surface area contributed by atoms with Gasteiger partial charge in [-0.15, -0.1) is 0 Å². The Balaban J connectivity index is 2.14. The summed E-state index contributed by atoms with van der Waals surface area (Å²) in [7, 11) is 0. The predicted molar refractivity (Wildman–Crippen MR) is 86.1 cm³/mol. The number of ether oxygens (including phenoxy) is 1. The molecule has 1 fully saturated rings. The van der Waals surface area contributed by atoms with Gasteiger partial charge < -0.3 is 9.15 Å². The van der Waals surface area contributed by atoms with Gasteiger partial charge in [-0.05, 0) is 31.2 Å². The molecular formula is C19H26O4. The van der Waals surface area contributed by atoms with E-state index >= 15 is 0 Å². The first kappa shape index (κ1) is 16.3. The van der Waals surface area contributed by atoms with Crippen molar-refractivity contribution in [3.63, 3.8) is 0 Å². The topological polar surface area (TPSA) is 56.5 Å². The highest BCUT2D eigenvalue weighted by atomic mass is 16.5. The van der Waals surface area contributed by atoms with Crippen molar-refractivity contribution in [1.29, 1.82) is 0 Å². The van der Waals surface area contributed by atoms with E-state index in [-0.39, 0.29) is 29.0 Å². The summed E-state index contributed by atoms with van der Waals surface area (Å²) in [5, 5.41) is 0. The van der Waals surface area contributed by atoms with Crippen LogP contribution in [-0.2, 0) is 9.53 Å². The maximum Gasteiger partial charge on any atom is 0.309 e. The van der Waals surface area contributed by atoms with Crippen LogP contribution < -0.4 is 0 Å². The van der Waals surface area contributed by atoms with Gasteiger partial charge in [0.1, 0.15) is 6.10 Å². The van der Waals surface area contributed by atoms with Gasteiger partial charge in [0.25, 0.3) is 0 Å². The maximum atomic E-state index is 12.9. The van der Waals surface area contributed by atoms with Gasteiger partial charge in [-0.1, -0.05) is 34.1 Å². The molecule has 1 aromatic rings. The van der Waals surface area contributed by atoms with Crippen LogP contribution in [0, 0.1) is 30.1 Å². The first-order valence-electron chi connectivity index (χ1n) is 8.61. The van der Waals surface area contributed by atoms with Gasteiger partial charge in [-0.3, -0.25) is 9.59 Å². The van der Waals surface area contributed by atoms with Gasteiger partial charge in [0.15, 0.2) is 5.76 Å². The molecule has 0 amide bonds. The molecule has 1 saturated carbocycles. The van der Waals surface area contributed by atoms with Crippen molar-refractivity contribution < 1.29 is 18.7 Å². The zero-order valence-electron chi connectivity index (χ0n) is 14.6. The van der Waals surface area contributed by atoms with Gasteiger partial charge in [0, 0.05) is 16.9 Å². The molecule has 1 aromatic heterocycles. The van der Waals surface area contributed by atoms with E-state index in [0.717, 1.165) is 30.4 Å². The molecule has 1 heterocycles. The molecule has 2 aliphatic carbocycles. The SMILES string of the molecule is Cc1coc2c1C(OC(=O)C(C)C)C1(C)C(C)CCCC1C2=O.